The Labute approximate surface area is 90.9 Å². The Balaban J connectivity index is 2.79. The number of carboxylic acid groups (broad SMARTS) is 1. The van der Waals surface area contributed by atoms with E-state index >= 15 is 0 Å². The number of carbonyl (C=O) groups excluding carboxylic acids is 1. The van der Waals surface area contributed by atoms with Gasteiger partial charge in [0.05, 0.1) is 0 Å². The molecule has 0 aromatic heterocycles. The average molecular weight is 226 g/mol. The maximum absolute atomic E-state index is 11.0. The summed E-state index contributed by atoms with van der Waals surface area (Å²) in [6.45, 7) is 1.24. The largest absolute Gasteiger partial charge is 0.508 e. The van der Waals surface area contributed by atoms with Crippen molar-refractivity contribution in [2.45, 2.75) is 17.1 Å². The zero-order valence-corrected chi connectivity index (χ0v) is 8.82. The number of carboxylic acids is 1. The highest BCUT2D eigenvalue weighted by Crippen LogP contribution is 2.25. The van der Waals surface area contributed by atoms with E-state index in [9.17, 15) is 9.59 Å². The Morgan fingerprint density at radius 2 is 1.80 bits per heavy atom. The molecule has 1 unspecified atom stereocenters. The number of Topliss-reactive ketones (excluding diaryl/α,β-unsaturated/α-hetero) is 1. The van der Waals surface area contributed by atoms with Gasteiger partial charge in [0.1, 0.15) is 5.75 Å². The number of thioether (sulfide) groups is 1. The van der Waals surface area contributed by atoms with Crippen LogP contribution in [0.5, 0.6) is 5.75 Å². The minimum Gasteiger partial charge on any atom is -0.508 e. The van der Waals surface area contributed by atoms with Crippen LogP contribution in [0.1, 0.15) is 6.92 Å². The van der Waals surface area contributed by atoms with Gasteiger partial charge in [0.2, 0.25) is 0 Å². The first-order chi connectivity index (χ1) is 7.00. The molecule has 15 heavy (non-hydrogen) atoms. The third kappa shape index (κ3) is 3.28. The summed E-state index contributed by atoms with van der Waals surface area (Å²) >= 11 is 0.953. The maximum Gasteiger partial charge on any atom is 0.324 e. The molecule has 0 saturated heterocycles. The van der Waals surface area contributed by atoms with Crippen molar-refractivity contribution in [3.63, 3.8) is 0 Å². The van der Waals surface area contributed by atoms with Crippen molar-refractivity contribution in [3.05, 3.63) is 24.3 Å². The number of carbonyl (C=O) groups is 2. The van der Waals surface area contributed by atoms with E-state index in [2.05, 4.69) is 0 Å². The summed E-state index contributed by atoms with van der Waals surface area (Å²) in [5.74, 6) is -1.45. The Bertz CT molecular complexity index is 358. The SMILES string of the molecule is CC(=O)C(Sc1ccc(O)cc1)C(=O)O. The molecule has 4 nitrogen and oxygen atoms in total. The molecular formula is C10H10O4S. The van der Waals surface area contributed by atoms with Gasteiger partial charge < -0.3 is 10.2 Å². The molecule has 0 radical (unpaired) electrons. The van der Waals surface area contributed by atoms with Gasteiger partial charge in [0.15, 0.2) is 11.0 Å². The molecule has 0 aliphatic heterocycles. The lowest BCUT2D eigenvalue weighted by Gasteiger charge is -2.07. The number of ketones is 1. The molecule has 2 N–H and O–H groups in total. The van der Waals surface area contributed by atoms with E-state index in [4.69, 9.17) is 10.2 Å². The molecule has 1 aromatic rings. The number of phenolic OH excluding ortho intramolecular Hbond substituents is 1. The van der Waals surface area contributed by atoms with Crippen molar-refractivity contribution >= 4 is 23.5 Å². The normalized spacial score (nSPS) is 12.1. The fourth-order valence-electron chi connectivity index (χ4n) is 0.968. The summed E-state index contributed by atoms with van der Waals surface area (Å²) in [5.41, 5.74) is 0. The minimum atomic E-state index is -1.15. The third-order valence-electron chi connectivity index (χ3n) is 1.68. The van der Waals surface area contributed by atoms with Crippen LogP contribution < -0.4 is 0 Å². The number of aromatic hydroxyl groups is 1. The molecule has 1 aromatic carbocycles. The van der Waals surface area contributed by atoms with Crippen molar-refractivity contribution in [2.24, 2.45) is 0 Å². The van der Waals surface area contributed by atoms with Crippen LogP contribution in [-0.4, -0.2) is 27.2 Å². The van der Waals surface area contributed by atoms with Crippen molar-refractivity contribution in [1.29, 1.82) is 0 Å². The lowest BCUT2D eigenvalue weighted by molar-refractivity contribution is -0.138. The van der Waals surface area contributed by atoms with Gasteiger partial charge in [-0.1, -0.05) is 0 Å². The molecule has 80 valence electrons. The number of hydrogen-bond donors (Lipinski definition) is 2. The molecule has 0 aliphatic carbocycles. The van der Waals surface area contributed by atoms with Gasteiger partial charge >= 0.3 is 5.97 Å². The van der Waals surface area contributed by atoms with Gasteiger partial charge in [-0.05, 0) is 31.2 Å². The molecule has 1 rings (SSSR count). The van der Waals surface area contributed by atoms with E-state index in [1.54, 1.807) is 12.1 Å². The highest BCUT2D eigenvalue weighted by molar-refractivity contribution is 8.01. The predicted octanol–water partition coefficient (Wildman–Crippen LogP) is 1.53. The number of hydrogen-bond acceptors (Lipinski definition) is 4. The topological polar surface area (TPSA) is 74.6 Å². The third-order valence-corrected chi connectivity index (χ3v) is 3.00. The second-order valence-electron chi connectivity index (χ2n) is 2.94. The minimum absolute atomic E-state index is 0.106. The first kappa shape index (κ1) is 11.6. The zero-order chi connectivity index (χ0) is 11.4. The van der Waals surface area contributed by atoms with Gasteiger partial charge in [-0.3, -0.25) is 9.59 Å². The number of rotatable bonds is 4. The van der Waals surface area contributed by atoms with Crippen LogP contribution in [0.3, 0.4) is 0 Å². The van der Waals surface area contributed by atoms with Crippen molar-refractivity contribution in [1.82, 2.24) is 0 Å². The lowest BCUT2D eigenvalue weighted by atomic mass is 10.3. The van der Waals surface area contributed by atoms with E-state index in [0.29, 0.717) is 4.90 Å². The molecule has 0 saturated carbocycles. The van der Waals surface area contributed by atoms with Gasteiger partial charge in [-0.2, -0.15) is 0 Å². The van der Waals surface area contributed by atoms with E-state index < -0.39 is 17.0 Å². The molecule has 0 heterocycles. The summed E-state index contributed by atoms with van der Waals surface area (Å²) in [5, 5.41) is 16.7. The second-order valence-corrected chi connectivity index (χ2v) is 4.12. The van der Waals surface area contributed by atoms with E-state index in [-0.39, 0.29) is 5.75 Å². The molecule has 0 bridgehead atoms. The average Bonchev–Trinajstić information content (AvgIpc) is 2.15. The van der Waals surface area contributed by atoms with Crippen LogP contribution in [0.15, 0.2) is 29.2 Å². The number of aliphatic carboxylic acids is 1. The zero-order valence-electron chi connectivity index (χ0n) is 8.01. The van der Waals surface area contributed by atoms with Crippen molar-refractivity contribution in [3.8, 4) is 5.75 Å². The standard InChI is InChI=1S/C10H10O4S/c1-6(11)9(10(13)14)15-8-4-2-7(12)3-5-8/h2-5,9,12H,1H3,(H,13,14). The first-order valence-corrected chi connectivity index (χ1v) is 5.07. The maximum atomic E-state index is 11.0. The smallest absolute Gasteiger partial charge is 0.324 e. The van der Waals surface area contributed by atoms with Crippen LogP contribution in [-0.2, 0) is 9.59 Å². The molecule has 0 spiro atoms. The monoisotopic (exact) mass is 226 g/mol. The highest BCUT2D eigenvalue weighted by atomic mass is 32.2. The summed E-state index contributed by atoms with van der Waals surface area (Å²) < 4.78 is 0. The molecule has 5 heteroatoms. The van der Waals surface area contributed by atoms with Crippen LogP contribution in [0.4, 0.5) is 0 Å². The Morgan fingerprint density at radius 3 is 2.20 bits per heavy atom. The Morgan fingerprint density at radius 1 is 1.27 bits per heavy atom. The van der Waals surface area contributed by atoms with Gasteiger partial charge in [-0.15, -0.1) is 11.8 Å². The summed E-state index contributed by atoms with van der Waals surface area (Å²) in [7, 11) is 0. The second kappa shape index (κ2) is 4.84. The first-order valence-electron chi connectivity index (χ1n) is 4.19. The van der Waals surface area contributed by atoms with Crippen LogP contribution >= 0.6 is 11.8 Å². The van der Waals surface area contributed by atoms with Gasteiger partial charge in [-0.25, -0.2) is 0 Å². The van der Waals surface area contributed by atoms with Crippen molar-refractivity contribution in [2.75, 3.05) is 0 Å². The van der Waals surface area contributed by atoms with Crippen LogP contribution in [0, 0.1) is 0 Å². The van der Waals surface area contributed by atoms with Gasteiger partial charge in [0.25, 0.3) is 0 Å². The fourth-order valence-corrected chi connectivity index (χ4v) is 1.80. The fraction of sp³-hybridized carbons (Fsp3) is 0.200. The van der Waals surface area contributed by atoms with Gasteiger partial charge in [0, 0.05) is 4.90 Å². The summed E-state index contributed by atoms with van der Waals surface area (Å²) in [6, 6.07) is 6.03. The summed E-state index contributed by atoms with van der Waals surface area (Å²) in [6.07, 6.45) is 0. The van der Waals surface area contributed by atoms with E-state index in [1.165, 1.54) is 19.1 Å². The quantitative estimate of drug-likeness (QED) is 0.601. The number of benzene rings is 1. The van der Waals surface area contributed by atoms with E-state index in [0.717, 1.165) is 11.8 Å². The molecule has 0 amide bonds. The molecule has 0 aliphatic rings. The number of phenols is 1. The van der Waals surface area contributed by atoms with Crippen LogP contribution in [0.25, 0.3) is 0 Å². The molecule has 0 fully saturated rings. The lowest BCUT2D eigenvalue weighted by Crippen LogP contribution is -2.24. The predicted molar refractivity (Wildman–Crippen MR) is 56.1 cm³/mol. The molecular weight excluding hydrogens is 216 g/mol. The Kier molecular flexibility index (Phi) is 3.74. The van der Waals surface area contributed by atoms with E-state index in [1.807, 2.05) is 0 Å². The highest BCUT2D eigenvalue weighted by Gasteiger charge is 2.23. The Hall–Kier alpha value is -1.49. The van der Waals surface area contributed by atoms with Crippen molar-refractivity contribution < 1.29 is 19.8 Å². The van der Waals surface area contributed by atoms with Crippen LogP contribution in [0.2, 0.25) is 0 Å². The summed E-state index contributed by atoms with van der Waals surface area (Å²) in [4.78, 5) is 22.4. The molecule has 1 atom stereocenters.